The van der Waals surface area contributed by atoms with Gasteiger partial charge in [-0.2, -0.15) is 0 Å². The van der Waals surface area contributed by atoms with Gasteiger partial charge in [-0.05, 0) is 89.9 Å². The van der Waals surface area contributed by atoms with Gasteiger partial charge in [0.25, 0.3) is 0 Å². The van der Waals surface area contributed by atoms with Gasteiger partial charge in [0.1, 0.15) is 19.3 Å². The monoisotopic (exact) mass is 1460 g/mol. The summed E-state index contributed by atoms with van der Waals surface area (Å²) in [5.74, 6) is -2.21. The highest BCUT2D eigenvalue weighted by atomic mass is 31.2. The maximum atomic E-state index is 13.1. The van der Waals surface area contributed by atoms with E-state index in [1.54, 1.807) is 0 Å². The van der Waals surface area contributed by atoms with E-state index in [-0.39, 0.29) is 25.7 Å². The molecule has 0 spiro atoms. The molecule has 5 atom stereocenters. The molecule has 0 aliphatic carbocycles. The zero-order chi connectivity index (χ0) is 73.2. The lowest BCUT2D eigenvalue weighted by Gasteiger charge is -2.21. The standard InChI is InChI=1S/C81H148O17P2/c1-5-9-13-17-21-25-29-33-36-37-40-43-46-50-54-58-62-66-79(84)92-71-76(97-80(85)67-63-59-55-51-47-41-32-28-24-20-16-12-8-4)73-95-99(87,88)93-69-75(82)70-94-100(89,90)96-74-77(98-81(86)68-64-60-56-52-48-44-39-35-31-27-23-19-15-11-7-3)72-91-78(83)65-61-57-53-49-45-42-38-34-30-26-22-18-14-10-6-2/h21,25,28,32-33,36,40,43,50,54,75-77,82H,5-20,22-24,26-27,29-31,34-35,37-39,41-42,44-49,51-53,55-74H2,1-4H3,(H,87,88)(H,89,90)/b25-21-,32-28-,36-33-,43-40-,54-50-/t75-,76-,77-/m1/s1. The van der Waals surface area contributed by atoms with Crippen molar-refractivity contribution in [1.82, 2.24) is 0 Å². The number of phosphoric acid groups is 2. The highest BCUT2D eigenvalue weighted by Crippen LogP contribution is 2.45. The van der Waals surface area contributed by atoms with E-state index in [9.17, 15) is 43.2 Å². The van der Waals surface area contributed by atoms with Crippen LogP contribution in [-0.4, -0.2) is 96.7 Å². The maximum Gasteiger partial charge on any atom is 0.472 e. The molecule has 0 amide bonds. The number of allylic oxidation sites excluding steroid dienone is 10. The van der Waals surface area contributed by atoms with Crippen LogP contribution >= 0.6 is 15.6 Å². The molecule has 0 aromatic heterocycles. The Kier molecular flexibility index (Phi) is 71.6. The number of esters is 4. The second-order valence-corrected chi connectivity index (χ2v) is 30.3. The van der Waals surface area contributed by atoms with Crippen molar-refractivity contribution in [3.8, 4) is 0 Å². The first kappa shape index (κ1) is 96.8. The van der Waals surface area contributed by atoms with E-state index in [4.69, 9.17) is 37.0 Å². The lowest BCUT2D eigenvalue weighted by molar-refractivity contribution is -0.161. The predicted octanol–water partition coefficient (Wildman–Crippen LogP) is 23.5. The first-order valence-corrected chi connectivity index (χ1v) is 43.5. The molecule has 0 aliphatic rings. The van der Waals surface area contributed by atoms with Crippen molar-refractivity contribution in [3.05, 3.63) is 60.8 Å². The van der Waals surface area contributed by atoms with Crippen LogP contribution in [0.1, 0.15) is 374 Å². The molecule has 17 nitrogen and oxygen atoms in total. The van der Waals surface area contributed by atoms with Gasteiger partial charge in [-0.25, -0.2) is 9.13 Å². The first-order valence-electron chi connectivity index (χ1n) is 40.5. The van der Waals surface area contributed by atoms with Gasteiger partial charge in [0.15, 0.2) is 12.2 Å². The smallest absolute Gasteiger partial charge is 0.462 e. The van der Waals surface area contributed by atoms with Crippen molar-refractivity contribution in [1.29, 1.82) is 0 Å². The third-order valence-corrected chi connectivity index (χ3v) is 19.4. The van der Waals surface area contributed by atoms with Crippen LogP contribution in [0.15, 0.2) is 60.8 Å². The minimum absolute atomic E-state index is 0.0769. The first-order chi connectivity index (χ1) is 48.7. The number of rotatable bonds is 77. The maximum absolute atomic E-state index is 13.1. The Bertz CT molecular complexity index is 2130. The van der Waals surface area contributed by atoms with Crippen molar-refractivity contribution >= 4 is 39.5 Å². The Hall–Kier alpha value is -3.24. The topological polar surface area (TPSA) is 237 Å². The predicted molar refractivity (Wildman–Crippen MR) is 409 cm³/mol. The number of phosphoric ester groups is 2. The highest BCUT2D eigenvalue weighted by molar-refractivity contribution is 7.47. The number of hydrogen-bond donors (Lipinski definition) is 3. The molecular formula is C81H148O17P2. The van der Waals surface area contributed by atoms with E-state index in [2.05, 4.69) is 76.3 Å². The molecule has 0 saturated carbocycles. The molecule has 0 aliphatic heterocycles. The minimum Gasteiger partial charge on any atom is -0.462 e. The molecule has 0 saturated heterocycles. The van der Waals surface area contributed by atoms with Gasteiger partial charge in [-0.3, -0.25) is 37.3 Å². The van der Waals surface area contributed by atoms with E-state index in [1.807, 2.05) is 12.2 Å². The summed E-state index contributed by atoms with van der Waals surface area (Å²) in [6.45, 7) is 4.84. The van der Waals surface area contributed by atoms with Crippen molar-refractivity contribution in [2.24, 2.45) is 0 Å². The van der Waals surface area contributed by atoms with Crippen LogP contribution in [-0.2, 0) is 65.4 Å². The van der Waals surface area contributed by atoms with E-state index < -0.39 is 97.5 Å². The van der Waals surface area contributed by atoms with Gasteiger partial charge >= 0.3 is 39.5 Å². The summed E-state index contributed by atoms with van der Waals surface area (Å²) in [4.78, 5) is 73.0. The van der Waals surface area contributed by atoms with Gasteiger partial charge < -0.3 is 33.8 Å². The molecule has 100 heavy (non-hydrogen) atoms. The molecule has 0 radical (unpaired) electrons. The highest BCUT2D eigenvalue weighted by Gasteiger charge is 2.30. The SMILES string of the molecule is CCCCC/C=C\C/C=C\C/C=C\C/C=C\CCCC(=O)OC[C@H](COP(=O)(O)OC[C@@H](O)COP(=O)(O)OC[C@@H](COC(=O)CCCCCCCCCCCCCCCCC)OC(=O)CCCCCCCCCCCCCCCCC)OC(=O)CCCCCCC/C=C\CCCCCC. The van der Waals surface area contributed by atoms with Gasteiger partial charge in [-0.15, -0.1) is 0 Å². The lowest BCUT2D eigenvalue weighted by Crippen LogP contribution is -2.30. The van der Waals surface area contributed by atoms with Crippen molar-refractivity contribution in [3.63, 3.8) is 0 Å². The fourth-order valence-corrected chi connectivity index (χ4v) is 12.8. The Labute approximate surface area is 610 Å². The fourth-order valence-electron chi connectivity index (χ4n) is 11.3. The molecule has 584 valence electrons. The molecule has 0 rings (SSSR count). The number of aliphatic hydroxyl groups is 1. The third kappa shape index (κ3) is 73.1. The quantitative estimate of drug-likeness (QED) is 0.0169. The van der Waals surface area contributed by atoms with Crippen molar-refractivity contribution in [2.75, 3.05) is 39.6 Å². The van der Waals surface area contributed by atoms with Crippen LogP contribution in [0.5, 0.6) is 0 Å². The summed E-state index contributed by atoms with van der Waals surface area (Å²) in [6, 6.07) is 0. The average molecular weight is 1460 g/mol. The molecule has 3 N–H and O–H groups in total. The number of carbonyl (C=O) groups is 4. The summed E-state index contributed by atoms with van der Waals surface area (Å²) < 4.78 is 68.6. The molecule has 0 bridgehead atoms. The molecule has 0 aromatic carbocycles. The van der Waals surface area contributed by atoms with Crippen LogP contribution in [0.2, 0.25) is 0 Å². The van der Waals surface area contributed by atoms with E-state index >= 15 is 0 Å². The molecule has 0 heterocycles. The van der Waals surface area contributed by atoms with E-state index in [0.717, 1.165) is 109 Å². The van der Waals surface area contributed by atoms with Crippen LogP contribution in [0.4, 0.5) is 0 Å². The molecule has 2 unspecified atom stereocenters. The number of carbonyl (C=O) groups excluding carboxylic acids is 4. The average Bonchev–Trinajstić information content (AvgIpc) is 0.965. The Morgan fingerprint density at radius 3 is 0.830 bits per heavy atom. The Balaban J connectivity index is 5.35. The molecule has 19 heteroatoms. The number of unbranched alkanes of at least 4 members (excludes halogenated alkanes) is 41. The molecule has 0 aromatic rings. The Morgan fingerprint density at radius 2 is 0.500 bits per heavy atom. The normalized spacial score (nSPS) is 14.2. The summed E-state index contributed by atoms with van der Waals surface area (Å²) in [5.41, 5.74) is 0. The van der Waals surface area contributed by atoms with Gasteiger partial charge in [0.2, 0.25) is 0 Å². The van der Waals surface area contributed by atoms with Crippen molar-refractivity contribution < 1.29 is 80.2 Å². The van der Waals surface area contributed by atoms with Crippen LogP contribution in [0, 0.1) is 0 Å². The largest absolute Gasteiger partial charge is 0.472 e. The summed E-state index contributed by atoms with van der Waals surface area (Å²) >= 11 is 0. The summed E-state index contributed by atoms with van der Waals surface area (Å²) in [5, 5.41) is 10.6. The number of hydrogen-bond acceptors (Lipinski definition) is 15. The van der Waals surface area contributed by atoms with Crippen LogP contribution in [0.25, 0.3) is 0 Å². The van der Waals surface area contributed by atoms with Gasteiger partial charge in [0.05, 0.1) is 26.4 Å². The molecule has 0 fully saturated rings. The minimum atomic E-state index is -4.98. The Morgan fingerprint density at radius 1 is 0.280 bits per heavy atom. The van der Waals surface area contributed by atoms with Crippen LogP contribution < -0.4 is 0 Å². The second-order valence-electron chi connectivity index (χ2n) is 27.4. The summed E-state index contributed by atoms with van der Waals surface area (Å²) in [6.07, 6.45) is 73.4. The third-order valence-electron chi connectivity index (χ3n) is 17.5. The number of aliphatic hydroxyl groups excluding tert-OH is 1. The van der Waals surface area contributed by atoms with Crippen LogP contribution in [0.3, 0.4) is 0 Å². The van der Waals surface area contributed by atoms with Gasteiger partial charge in [0, 0.05) is 25.7 Å². The van der Waals surface area contributed by atoms with E-state index in [0.29, 0.717) is 32.1 Å². The van der Waals surface area contributed by atoms with E-state index in [1.165, 1.54) is 180 Å². The van der Waals surface area contributed by atoms with Crippen molar-refractivity contribution in [2.45, 2.75) is 393 Å². The zero-order valence-electron chi connectivity index (χ0n) is 63.9. The fraction of sp³-hybridized carbons (Fsp3) is 0.827. The molecular weight excluding hydrogens is 1310 g/mol. The van der Waals surface area contributed by atoms with Gasteiger partial charge in [-0.1, -0.05) is 320 Å². The second kappa shape index (κ2) is 74.0. The number of ether oxygens (including phenoxy) is 4. The summed E-state index contributed by atoms with van der Waals surface area (Å²) in [7, 11) is -9.95. The lowest BCUT2D eigenvalue weighted by atomic mass is 10.0. The zero-order valence-corrected chi connectivity index (χ0v) is 65.7.